The highest BCUT2D eigenvalue weighted by molar-refractivity contribution is 7.89. The van der Waals surface area contributed by atoms with E-state index in [1.165, 1.54) is 0 Å². The molecule has 82 valence electrons. The summed E-state index contributed by atoms with van der Waals surface area (Å²) in [5.74, 6) is 1.06. The van der Waals surface area contributed by atoms with Gasteiger partial charge < -0.3 is 5.73 Å². The quantitative estimate of drug-likeness (QED) is 0.725. The maximum Gasteiger partial charge on any atom is 0.214 e. The van der Waals surface area contributed by atoms with E-state index in [1.54, 1.807) is 4.31 Å². The van der Waals surface area contributed by atoms with Crippen molar-refractivity contribution in [1.82, 2.24) is 4.31 Å². The molecule has 2 unspecified atom stereocenters. The predicted octanol–water partition coefficient (Wildman–Crippen LogP) is 0.00520. The Bertz CT molecular complexity index is 301. The van der Waals surface area contributed by atoms with Crippen LogP contribution in [-0.4, -0.2) is 37.6 Å². The molecule has 1 saturated heterocycles. The second-order valence-corrected chi connectivity index (χ2v) is 6.69. The van der Waals surface area contributed by atoms with E-state index in [2.05, 4.69) is 0 Å². The fraction of sp³-hybridized carbons (Fsp3) is 1.00. The third kappa shape index (κ3) is 2.10. The molecule has 5 heteroatoms. The minimum Gasteiger partial charge on any atom is -0.326 e. The van der Waals surface area contributed by atoms with E-state index in [4.69, 9.17) is 5.73 Å². The molecule has 0 aromatic heterocycles. The van der Waals surface area contributed by atoms with E-state index in [-0.39, 0.29) is 6.04 Å². The van der Waals surface area contributed by atoms with E-state index < -0.39 is 10.0 Å². The second-order valence-electron chi connectivity index (χ2n) is 4.68. The van der Waals surface area contributed by atoms with Crippen molar-refractivity contribution in [2.24, 2.45) is 17.6 Å². The van der Waals surface area contributed by atoms with Gasteiger partial charge in [0.25, 0.3) is 0 Å². The normalized spacial score (nSPS) is 35.0. The first-order valence-electron chi connectivity index (χ1n) is 5.22. The Morgan fingerprint density at radius 3 is 2.43 bits per heavy atom. The van der Waals surface area contributed by atoms with Crippen molar-refractivity contribution in [1.29, 1.82) is 0 Å². The van der Waals surface area contributed by atoms with Crippen LogP contribution < -0.4 is 5.73 Å². The van der Waals surface area contributed by atoms with E-state index in [0.717, 1.165) is 12.8 Å². The zero-order valence-electron chi connectivity index (χ0n) is 8.52. The van der Waals surface area contributed by atoms with E-state index in [0.29, 0.717) is 30.7 Å². The maximum atomic E-state index is 11.8. The molecule has 2 aliphatic rings. The summed E-state index contributed by atoms with van der Waals surface area (Å²) in [4.78, 5) is 0. The molecule has 2 fully saturated rings. The summed E-state index contributed by atoms with van der Waals surface area (Å²) in [5, 5.41) is 0. The van der Waals surface area contributed by atoms with Gasteiger partial charge in [-0.1, -0.05) is 6.92 Å². The first-order chi connectivity index (χ1) is 6.49. The van der Waals surface area contributed by atoms with Crippen LogP contribution >= 0.6 is 0 Å². The van der Waals surface area contributed by atoms with Gasteiger partial charge in [0.2, 0.25) is 10.0 Å². The molecule has 0 bridgehead atoms. The smallest absolute Gasteiger partial charge is 0.214 e. The fourth-order valence-electron chi connectivity index (χ4n) is 1.86. The zero-order chi connectivity index (χ0) is 10.3. The SMILES string of the molecule is CC1CN(S(=O)(=O)CC2CC2)CC1N. The molecule has 1 heterocycles. The molecule has 0 amide bonds. The zero-order valence-corrected chi connectivity index (χ0v) is 9.33. The Labute approximate surface area is 85.5 Å². The largest absolute Gasteiger partial charge is 0.326 e. The number of nitrogens with zero attached hydrogens (tertiary/aromatic N) is 1. The van der Waals surface area contributed by atoms with E-state index in [9.17, 15) is 8.42 Å². The lowest BCUT2D eigenvalue weighted by Crippen LogP contribution is -2.34. The van der Waals surface area contributed by atoms with Gasteiger partial charge in [-0.3, -0.25) is 0 Å². The molecule has 0 radical (unpaired) electrons. The van der Waals surface area contributed by atoms with Gasteiger partial charge in [0.1, 0.15) is 0 Å². The highest BCUT2D eigenvalue weighted by Gasteiger charge is 2.37. The van der Waals surface area contributed by atoms with Crippen molar-refractivity contribution in [2.45, 2.75) is 25.8 Å². The summed E-state index contributed by atoms with van der Waals surface area (Å²) in [7, 11) is -3.01. The third-order valence-corrected chi connectivity index (χ3v) is 5.15. The van der Waals surface area contributed by atoms with Crippen LogP contribution in [0.4, 0.5) is 0 Å². The third-order valence-electron chi connectivity index (χ3n) is 3.17. The van der Waals surface area contributed by atoms with Gasteiger partial charge in [-0.25, -0.2) is 12.7 Å². The molecule has 2 atom stereocenters. The monoisotopic (exact) mass is 218 g/mol. The summed E-state index contributed by atoms with van der Waals surface area (Å²) in [6, 6.07) is 0.0176. The Hall–Kier alpha value is -0.130. The Morgan fingerprint density at radius 1 is 1.36 bits per heavy atom. The molecule has 1 aliphatic carbocycles. The van der Waals surface area contributed by atoms with Crippen molar-refractivity contribution in [3.63, 3.8) is 0 Å². The van der Waals surface area contributed by atoms with Crippen molar-refractivity contribution >= 4 is 10.0 Å². The summed E-state index contributed by atoms with van der Waals surface area (Å²) in [6.07, 6.45) is 2.16. The average Bonchev–Trinajstić information content (AvgIpc) is 2.79. The van der Waals surface area contributed by atoms with Crippen LogP contribution in [0.3, 0.4) is 0 Å². The second kappa shape index (κ2) is 3.47. The lowest BCUT2D eigenvalue weighted by atomic mass is 10.1. The molecule has 2 N–H and O–H groups in total. The topological polar surface area (TPSA) is 63.4 Å². The fourth-order valence-corrected chi connectivity index (χ4v) is 3.86. The number of sulfonamides is 1. The number of hydrogen-bond acceptors (Lipinski definition) is 3. The van der Waals surface area contributed by atoms with Crippen LogP contribution in [0, 0.1) is 11.8 Å². The summed E-state index contributed by atoms with van der Waals surface area (Å²) in [5.41, 5.74) is 5.81. The van der Waals surface area contributed by atoms with Gasteiger partial charge in [0.05, 0.1) is 5.75 Å². The Morgan fingerprint density at radius 2 is 2.00 bits per heavy atom. The summed E-state index contributed by atoms with van der Waals surface area (Å²) < 4.78 is 25.3. The van der Waals surface area contributed by atoms with Crippen LogP contribution in [0.5, 0.6) is 0 Å². The molecule has 0 aromatic carbocycles. The molecular weight excluding hydrogens is 200 g/mol. The van der Waals surface area contributed by atoms with Crippen LogP contribution in [0.25, 0.3) is 0 Å². The summed E-state index contributed by atoms with van der Waals surface area (Å²) in [6.45, 7) is 3.13. The standard InChI is InChI=1S/C9H18N2O2S/c1-7-4-11(5-9(7)10)14(12,13)6-8-2-3-8/h7-9H,2-6,10H2,1H3. The molecule has 14 heavy (non-hydrogen) atoms. The highest BCUT2D eigenvalue weighted by atomic mass is 32.2. The molecule has 1 saturated carbocycles. The number of rotatable bonds is 3. The van der Waals surface area contributed by atoms with Crippen molar-refractivity contribution in [3.8, 4) is 0 Å². The minimum atomic E-state index is -3.01. The van der Waals surface area contributed by atoms with Crippen LogP contribution in [0.15, 0.2) is 0 Å². The van der Waals surface area contributed by atoms with Crippen LogP contribution in [0.2, 0.25) is 0 Å². The number of hydrogen-bond donors (Lipinski definition) is 1. The lowest BCUT2D eigenvalue weighted by molar-refractivity contribution is 0.462. The van der Waals surface area contributed by atoms with Gasteiger partial charge >= 0.3 is 0 Å². The van der Waals surface area contributed by atoms with Gasteiger partial charge in [0, 0.05) is 19.1 Å². The average molecular weight is 218 g/mol. The molecular formula is C9H18N2O2S. The Balaban J connectivity index is 2.00. The minimum absolute atomic E-state index is 0.0176. The predicted molar refractivity (Wildman–Crippen MR) is 55.2 cm³/mol. The van der Waals surface area contributed by atoms with Gasteiger partial charge in [-0.15, -0.1) is 0 Å². The molecule has 2 rings (SSSR count). The van der Waals surface area contributed by atoms with Gasteiger partial charge in [0.15, 0.2) is 0 Å². The Kier molecular flexibility index (Phi) is 2.57. The lowest BCUT2D eigenvalue weighted by Gasteiger charge is -2.15. The first-order valence-corrected chi connectivity index (χ1v) is 6.83. The van der Waals surface area contributed by atoms with Gasteiger partial charge in [-0.2, -0.15) is 0 Å². The summed E-state index contributed by atoms with van der Waals surface area (Å²) >= 11 is 0. The number of nitrogens with two attached hydrogens (primary N) is 1. The highest BCUT2D eigenvalue weighted by Crippen LogP contribution is 2.32. The molecule has 4 nitrogen and oxygen atoms in total. The van der Waals surface area contributed by atoms with Crippen molar-refractivity contribution in [2.75, 3.05) is 18.8 Å². The molecule has 0 spiro atoms. The molecule has 1 aliphatic heterocycles. The van der Waals surface area contributed by atoms with Gasteiger partial charge in [-0.05, 0) is 24.7 Å². The van der Waals surface area contributed by atoms with E-state index in [1.807, 2.05) is 6.92 Å². The molecule has 0 aromatic rings. The maximum absolute atomic E-state index is 11.8. The van der Waals surface area contributed by atoms with Crippen molar-refractivity contribution < 1.29 is 8.42 Å². The van der Waals surface area contributed by atoms with E-state index >= 15 is 0 Å². The first kappa shape index (κ1) is 10.4. The van der Waals surface area contributed by atoms with Crippen LogP contribution in [0.1, 0.15) is 19.8 Å². The van der Waals surface area contributed by atoms with Crippen LogP contribution in [-0.2, 0) is 10.0 Å². The van der Waals surface area contributed by atoms with Crippen molar-refractivity contribution in [3.05, 3.63) is 0 Å².